The molecule has 14 nitrogen and oxygen atoms in total. The van der Waals surface area contributed by atoms with Gasteiger partial charge in [0.2, 0.25) is 17.7 Å². The van der Waals surface area contributed by atoms with Gasteiger partial charge in [-0.25, -0.2) is 14.8 Å². The first-order valence-corrected chi connectivity index (χ1v) is 12.7. The summed E-state index contributed by atoms with van der Waals surface area (Å²) in [7, 11) is 0. The fourth-order valence-corrected chi connectivity index (χ4v) is 3.83. The summed E-state index contributed by atoms with van der Waals surface area (Å²) in [6.45, 7) is 3.54. The van der Waals surface area contributed by atoms with Gasteiger partial charge in [0, 0.05) is 43.0 Å². The molecule has 4 unspecified atom stereocenters. The van der Waals surface area contributed by atoms with Gasteiger partial charge in [-0.15, -0.1) is 0 Å². The zero-order valence-electron chi connectivity index (χ0n) is 22.1. The molecule has 0 fully saturated rings. The lowest BCUT2D eigenvalue weighted by atomic mass is 10.0. The number of nitrogens with two attached hydrogens (primary N) is 1. The lowest BCUT2D eigenvalue weighted by Gasteiger charge is -2.25. The van der Waals surface area contributed by atoms with Crippen LogP contribution < -0.4 is 21.7 Å². The molecular formula is C26H34N8O6. The highest BCUT2D eigenvalue weighted by atomic mass is 16.4. The highest BCUT2D eigenvalue weighted by Gasteiger charge is 2.31. The molecular weight excluding hydrogens is 520 g/mol. The van der Waals surface area contributed by atoms with Gasteiger partial charge in [0.25, 0.3) is 0 Å². The van der Waals surface area contributed by atoms with Gasteiger partial charge in [0.05, 0.1) is 18.7 Å². The van der Waals surface area contributed by atoms with E-state index in [1.54, 1.807) is 26.0 Å². The van der Waals surface area contributed by atoms with Crippen LogP contribution in [0.4, 0.5) is 0 Å². The highest BCUT2D eigenvalue weighted by molar-refractivity contribution is 5.94. The second kappa shape index (κ2) is 13.9. The molecule has 0 radical (unpaired) electrons. The highest BCUT2D eigenvalue weighted by Crippen LogP contribution is 2.12. The topological polar surface area (TPSA) is 228 Å². The molecule has 3 aromatic rings. The number of carbonyl (C=O) groups is 4. The lowest BCUT2D eigenvalue weighted by Crippen LogP contribution is -2.58. The van der Waals surface area contributed by atoms with Crippen molar-refractivity contribution < 1.29 is 29.4 Å². The molecule has 2 aromatic heterocycles. The molecule has 1 aromatic carbocycles. The number of benzene rings is 1. The zero-order chi connectivity index (χ0) is 29.2. The fourth-order valence-electron chi connectivity index (χ4n) is 3.83. The molecule has 3 amide bonds. The molecule has 0 bridgehead atoms. The predicted octanol–water partition coefficient (Wildman–Crippen LogP) is -0.611. The Balaban J connectivity index is 1.82. The first kappa shape index (κ1) is 29.8. The van der Waals surface area contributed by atoms with Crippen LogP contribution in [-0.4, -0.2) is 78.0 Å². The number of aromatic hydroxyl groups is 1. The molecule has 3 rings (SSSR count). The zero-order valence-corrected chi connectivity index (χ0v) is 22.1. The number of carboxylic acid groups (broad SMARTS) is 1. The summed E-state index contributed by atoms with van der Waals surface area (Å²) in [4.78, 5) is 64.9. The van der Waals surface area contributed by atoms with Crippen molar-refractivity contribution in [2.24, 2.45) is 11.7 Å². The van der Waals surface area contributed by atoms with E-state index in [0.717, 1.165) is 0 Å². The van der Waals surface area contributed by atoms with E-state index >= 15 is 0 Å². The summed E-state index contributed by atoms with van der Waals surface area (Å²) < 4.78 is 0. The predicted molar refractivity (Wildman–Crippen MR) is 143 cm³/mol. The number of nitrogens with zero attached hydrogens (tertiary/aromatic N) is 2. The second-order valence-corrected chi connectivity index (χ2v) is 9.72. The van der Waals surface area contributed by atoms with Crippen LogP contribution in [0.25, 0.3) is 0 Å². The lowest BCUT2D eigenvalue weighted by molar-refractivity contribution is -0.142. The van der Waals surface area contributed by atoms with E-state index in [1.807, 2.05) is 0 Å². The summed E-state index contributed by atoms with van der Waals surface area (Å²) in [6, 6.07) is 1.59. The van der Waals surface area contributed by atoms with Gasteiger partial charge in [0.1, 0.15) is 23.9 Å². The van der Waals surface area contributed by atoms with Crippen LogP contribution >= 0.6 is 0 Å². The van der Waals surface area contributed by atoms with Crippen LogP contribution in [0.2, 0.25) is 0 Å². The molecule has 14 heteroatoms. The van der Waals surface area contributed by atoms with Crippen molar-refractivity contribution in [3.05, 3.63) is 66.3 Å². The van der Waals surface area contributed by atoms with Crippen molar-refractivity contribution >= 4 is 23.7 Å². The van der Waals surface area contributed by atoms with Gasteiger partial charge in [-0.1, -0.05) is 26.0 Å². The number of hydrogen-bond donors (Lipinski definition) is 8. The third-order valence-electron chi connectivity index (χ3n) is 6.24. The molecule has 0 aliphatic heterocycles. The Hall–Kier alpha value is -4.72. The third-order valence-corrected chi connectivity index (χ3v) is 6.24. The maximum atomic E-state index is 13.5. The fraction of sp³-hybridized carbons (Fsp3) is 0.385. The van der Waals surface area contributed by atoms with Crippen molar-refractivity contribution in [3.8, 4) is 5.75 Å². The monoisotopic (exact) mass is 554 g/mol. The Labute approximate surface area is 230 Å². The Morgan fingerprint density at radius 3 is 1.75 bits per heavy atom. The number of hydrogen-bond acceptors (Lipinski definition) is 8. The smallest absolute Gasteiger partial charge is 0.326 e. The Bertz CT molecular complexity index is 1260. The molecule has 40 heavy (non-hydrogen) atoms. The molecule has 0 saturated heterocycles. The van der Waals surface area contributed by atoms with Gasteiger partial charge < -0.3 is 41.9 Å². The number of imidazole rings is 2. The minimum Gasteiger partial charge on any atom is -0.508 e. The second-order valence-electron chi connectivity index (χ2n) is 9.72. The number of nitrogens with one attached hydrogen (secondary N) is 5. The first-order valence-electron chi connectivity index (χ1n) is 12.7. The molecule has 0 aliphatic rings. The molecule has 2 heterocycles. The number of H-pyrrole nitrogens is 2. The van der Waals surface area contributed by atoms with E-state index in [4.69, 9.17) is 5.73 Å². The minimum atomic E-state index is -1.30. The van der Waals surface area contributed by atoms with Crippen molar-refractivity contribution in [3.63, 3.8) is 0 Å². The van der Waals surface area contributed by atoms with Gasteiger partial charge in [-0.3, -0.25) is 14.4 Å². The number of aliphatic carboxylic acids is 1. The number of amides is 3. The van der Waals surface area contributed by atoms with Crippen LogP contribution in [0, 0.1) is 5.92 Å². The van der Waals surface area contributed by atoms with Crippen molar-refractivity contribution in [2.45, 2.75) is 57.3 Å². The largest absolute Gasteiger partial charge is 0.508 e. The Morgan fingerprint density at radius 2 is 1.27 bits per heavy atom. The molecule has 0 spiro atoms. The summed E-state index contributed by atoms with van der Waals surface area (Å²) in [6.07, 6.45) is 5.68. The number of carbonyl (C=O) groups excluding carboxylic acids is 3. The first-order chi connectivity index (χ1) is 19.0. The van der Waals surface area contributed by atoms with Crippen molar-refractivity contribution in [2.75, 3.05) is 0 Å². The van der Waals surface area contributed by atoms with E-state index in [9.17, 15) is 29.4 Å². The maximum absolute atomic E-state index is 13.5. The number of aromatic amines is 2. The molecule has 0 saturated carbocycles. The SMILES string of the molecule is CC(C)C(N)C(=O)NC(Cc1ccc(O)cc1)C(=O)NC(Cc1cnc[nH]1)C(=O)NC(Cc1cnc[nH]1)C(=O)O. The number of phenols is 1. The van der Waals surface area contributed by atoms with Crippen LogP contribution in [0.3, 0.4) is 0 Å². The van der Waals surface area contributed by atoms with Crippen molar-refractivity contribution in [1.82, 2.24) is 35.9 Å². The van der Waals surface area contributed by atoms with Crippen LogP contribution in [0.1, 0.15) is 30.8 Å². The van der Waals surface area contributed by atoms with E-state index in [0.29, 0.717) is 17.0 Å². The van der Waals surface area contributed by atoms with Crippen LogP contribution in [-0.2, 0) is 38.4 Å². The van der Waals surface area contributed by atoms with Crippen LogP contribution in [0.15, 0.2) is 49.3 Å². The van der Waals surface area contributed by atoms with Crippen molar-refractivity contribution in [1.29, 1.82) is 0 Å². The van der Waals surface area contributed by atoms with E-state index in [1.165, 1.54) is 37.2 Å². The van der Waals surface area contributed by atoms with Gasteiger partial charge >= 0.3 is 5.97 Å². The number of carboxylic acids is 1. The average molecular weight is 555 g/mol. The van der Waals surface area contributed by atoms with Gasteiger partial charge in [-0.05, 0) is 23.6 Å². The average Bonchev–Trinajstić information content (AvgIpc) is 3.62. The number of phenolic OH excluding ortho intramolecular Hbond substituents is 1. The molecule has 214 valence electrons. The minimum absolute atomic E-state index is 0.0284. The van der Waals surface area contributed by atoms with E-state index < -0.39 is 47.9 Å². The van der Waals surface area contributed by atoms with E-state index in [2.05, 4.69) is 35.9 Å². The number of aromatic nitrogens is 4. The third kappa shape index (κ3) is 8.66. The summed E-state index contributed by atoms with van der Waals surface area (Å²) >= 11 is 0. The van der Waals surface area contributed by atoms with Gasteiger partial charge in [0.15, 0.2) is 0 Å². The normalized spacial score (nSPS) is 14.1. The standard InChI is InChI=1S/C26H34N8O6/c1-14(2)22(27)25(38)33-19(7-15-3-5-18(35)6-4-15)23(36)32-20(8-16-10-28-12-30-16)24(37)34-21(26(39)40)9-17-11-29-13-31-17/h3-6,10-14,19-22,35H,7-9,27H2,1-2H3,(H,28,30)(H,29,31)(H,32,36)(H,33,38)(H,34,37)(H,39,40). The summed E-state index contributed by atoms with van der Waals surface area (Å²) in [5.41, 5.74) is 7.64. The summed E-state index contributed by atoms with van der Waals surface area (Å²) in [5, 5.41) is 27.1. The van der Waals surface area contributed by atoms with Crippen LogP contribution in [0.5, 0.6) is 5.75 Å². The summed E-state index contributed by atoms with van der Waals surface area (Å²) in [5.74, 6) is -3.40. The van der Waals surface area contributed by atoms with E-state index in [-0.39, 0.29) is 30.9 Å². The molecule has 0 aliphatic carbocycles. The Kier molecular flexibility index (Phi) is 10.4. The maximum Gasteiger partial charge on any atom is 0.326 e. The Morgan fingerprint density at radius 1 is 0.800 bits per heavy atom. The van der Waals surface area contributed by atoms with Gasteiger partial charge in [-0.2, -0.15) is 0 Å². The molecule has 9 N–H and O–H groups in total. The molecule has 4 atom stereocenters. The quantitative estimate of drug-likeness (QED) is 0.127. The number of rotatable bonds is 14.